The fraction of sp³-hybridized carbons (Fsp3) is 0.571. The van der Waals surface area contributed by atoms with Crippen molar-refractivity contribution in [2.75, 3.05) is 26.8 Å². The van der Waals surface area contributed by atoms with Gasteiger partial charge in [0.25, 0.3) is 5.69 Å². The van der Waals surface area contributed by atoms with Gasteiger partial charge >= 0.3 is 0 Å². The molecule has 0 aromatic heterocycles. The second kappa shape index (κ2) is 8.21. The highest BCUT2D eigenvalue weighted by molar-refractivity contribution is 7.89. The van der Waals surface area contributed by atoms with Crippen LogP contribution in [-0.2, 0) is 14.8 Å². The van der Waals surface area contributed by atoms with E-state index < -0.39 is 26.2 Å². The summed E-state index contributed by atoms with van der Waals surface area (Å²) in [5, 5.41) is 14.4. The Balaban J connectivity index is 0.00000288. The lowest BCUT2D eigenvalue weighted by Crippen LogP contribution is -2.52. The third-order valence-electron chi connectivity index (χ3n) is 3.95. The molecule has 0 bridgehead atoms. The maximum atomic E-state index is 12.5. The van der Waals surface area contributed by atoms with E-state index in [1.165, 1.54) is 12.1 Å². The predicted octanol–water partition coefficient (Wildman–Crippen LogP) is 1.37. The van der Waals surface area contributed by atoms with Crippen molar-refractivity contribution in [1.82, 2.24) is 10.0 Å². The van der Waals surface area contributed by atoms with Crippen molar-refractivity contribution in [3.05, 3.63) is 33.9 Å². The van der Waals surface area contributed by atoms with Crippen molar-refractivity contribution in [2.45, 2.75) is 30.2 Å². The van der Waals surface area contributed by atoms with Crippen LogP contribution in [0.5, 0.6) is 0 Å². The first-order valence-corrected chi connectivity index (χ1v) is 8.77. The SMILES string of the molecule is COCC1(CNS(=O)(=O)c2ccc(C)cc2[N+](=O)[O-])CCCN1.Cl. The fourth-order valence-electron chi connectivity index (χ4n) is 2.78. The molecule has 1 fully saturated rings. The predicted molar refractivity (Wildman–Crippen MR) is 92.1 cm³/mol. The molecule has 1 aromatic carbocycles. The van der Waals surface area contributed by atoms with E-state index in [0.29, 0.717) is 12.2 Å². The van der Waals surface area contributed by atoms with E-state index in [-0.39, 0.29) is 23.8 Å². The van der Waals surface area contributed by atoms with Gasteiger partial charge in [-0.05, 0) is 37.9 Å². The quantitative estimate of drug-likeness (QED) is 0.546. The molecule has 1 aromatic rings. The van der Waals surface area contributed by atoms with Crippen LogP contribution in [-0.4, -0.2) is 45.7 Å². The number of nitro groups is 1. The zero-order chi connectivity index (χ0) is 17.1. The number of hydrogen-bond acceptors (Lipinski definition) is 6. The summed E-state index contributed by atoms with van der Waals surface area (Å²) in [6, 6.07) is 4.06. The van der Waals surface area contributed by atoms with E-state index in [0.717, 1.165) is 19.4 Å². The molecule has 2 rings (SSSR count). The number of ether oxygens (including phenoxy) is 1. The minimum absolute atomic E-state index is 0. The Bertz CT molecular complexity index is 690. The van der Waals surface area contributed by atoms with Crippen molar-refractivity contribution in [2.24, 2.45) is 0 Å². The van der Waals surface area contributed by atoms with Crippen molar-refractivity contribution < 1.29 is 18.1 Å². The Labute approximate surface area is 147 Å². The molecule has 0 saturated carbocycles. The van der Waals surface area contributed by atoms with Gasteiger partial charge in [-0.25, -0.2) is 13.1 Å². The molecule has 0 amide bonds. The van der Waals surface area contributed by atoms with Crippen LogP contribution in [0.2, 0.25) is 0 Å². The third-order valence-corrected chi connectivity index (χ3v) is 5.40. The topological polar surface area (TPSA) is 111 Å². The molecule has 136 valence electrons. The molecule has 1 heterocycles. The van der Waals surface area contributed by atoms with E-state index in [2.05, 4.69) is 10.0 Å². The number of hydrogen-bond donors (Lipinski definition) is 2. The van der Waals surface area contributed by atoms with Crippen LogP contribution in [0.1, 0.15) is 18.4 Å². The summed E-state index contributed by atoms with van der Waals surface area (Å²) in [5.74, 6) is 0. The van der Waals surface area contributed by atoms with Gasteiger partial charge in [0.1, 0.15) is 0 Å². The molecule has 10 heteroatoms. The number of halogens is 1. The Morgan fingerprint density at radius 1 is 1.46 bits per heavy atom. The summed E-state index contributed by atoms with van der Waals surface area (Å²) in [6.07, 6.45) is 1.70. The molecular weight excluding hydrogens is 358 g/mol. The summed E-state index contributed by atoms with van der Waals surface area (Å²) >= 11 is 0. The first-order valence-electron chi connectivity index (χ1n) is 7.28. The van der Waals surface area contributed by atoms with E-state index in [1.807, 2.05) is 0 Å². The number of nitrogens with one attached hydrogen (secondary N) is 2. The maximum Gasteiger partial charge on any atom is 0.289 e. The Hall–Kier alpha value is -1.26. The van der Waals surface area contributed by atoms with E-state index in [4.69, 9.17) is 4.74 Å². The number of methoxy groups -OCH3 is 1. The normalized spacial score (nSPS) is 20.6. The van der Waals surface area contributed by atoms with Crippen LogP contribution in [0.25, 0.3) is 0 Å². The minimum Gasteiger partial charge on any atom is -0.383 e. The molecule has 0 spiro atoms. The first kappa shape index (κ1) is 20.8. The van der Waals surface area contributed by atoms with E-state index in [9.17, 15) is 18.5 Å². The van der Waals surface area contributed by atoms with Gasteiger partial charge < -0.3 is 10.1 Å². The molecule has 0 radical (unpaired) electrons. The highest BCUT2D eigenvalue weighted by atomic mass is 35.5. The van der Waals surface area contributed by atoms with Crippen LogP contribution in [0, 0.1) is 17.0 Å². The summed E-state index contributed by atoms with van der Waals surface area (Å²) in [4.78, 5) is 10.1. The minimum atomic E-state index is -3.98. The Kier molecular flexibility index (Phi) is 7.11. The molecular formula is C14H22ClN3O5S. The zero-order valence-corrected chi connectivity index (χ0v) is 15.2. The molecule has 1 saturated heterocycles. The molecule has 1 aliphatic heterocycles. The Morgan fingerprint density at radius 3 is 2.71 bits per heavy atom. The summed E-state index contributed by atoms with van der Waals surface area (Å²) < 4.78 is 32.6. The van der Waals surface area contributed by atoms with Crippen molar-refractivity contribution in [3.63, 3.8) is 0 Å². The lowest BCUT2D eigenvalue weighted by atomic mass is 9.99. The van der Waals surface area contributed by atoms with E-state index in [1.54, 1.807) is 20.1 Å². The van der Waals surface area contributed by atoms with Gasteiger partial charge in [0.2, 0.25) is 10.0 Å². The van der Waals surface area contributed by atoms with Gasteiger partial charge in [-0.15, -0.1) is 12.4 Å². The van der Waals surface area contributed by atoms with Crippen molar-refractivity contribution >= 4 is 28.1 Å². The molecule has 0 aliphatic carbocycles. The number of sulfonamides is 1. The second-order valence-electron chi connectivity index (χ2n) is 5.80. The number of benzene rings is 1. The van der Waals surface area contributed by atoms with Crippen LogP contribution in [0.3, 0.4) is 0 Å². The fourth-order valence-corrected chi connectivity index (χ4v) is 4.06. The molecule has 1 unspecified atom stereocenters. The Morgan fingerprint density at radius 2 is 2.17 bits per heavy atom. The summed E-state index contributed by atoms with van der Waals surface area (Å²) in [7, 11) is -2.43. The monoisotopic (exact) mass is 379 g/mol. The third kappa shape index (κ3) is 4.64. The lowest BCUT2D eigenvalue weighted by molar-refractivity contribution is -0.387. The van der Waals surface area contributed by atoms with Crippen LogP contribution in [0.15, 0.2) is 23.1 Å². The second-order valence-corrected chi connectivity index (χ2v) is 7.53. The van der Waals surface area contributed by atoms with Crippen LogP contribution < -0.4 is 10.0 Å². The molecule has 8 nitrogen and oxygen atoms in total. The average Bonchev–Trinajstić information content (AvgIpc) is 2.94. The molecule has 24 heavy (non-hydrogen) atoms. The van der Waals surface area contributed by atoms with Gasteiger partial charge in [0.05, 0.1) is 17.1 Å². The first-order chi connectivity index (χ1) is 10.8. The lowest BCUT2D eigenvalue weighted by Gasteiger charge is -2.28. The van der Waals surface area contributed by atoms with Gasteiger partial charge in [0, 0.05) is 19.7 Å². The highest BCUT2D eigenvalue weighted by Crippen LogP contribution is 2.26. The maximum absolute atomic E-state index is 12.5. The van der Waals surface area contributed by atoms with Gasteiger partial charge in [-0.3, -0.25) is 10.1 Å². The number of nitrogens with zero attached hydrogens (tertiary/aromatic N) is 1. The van der Waals surface area contributed by atoms with Crippen molar-refractivity contribution in [3.8, 4) is 0 Å². The number of nitro benzene ring substituents is 1. The van der Waals surface area contributed by atoms with Gasteiger partial charge in [-0.1, -0.05) is 6.07 Å². The highest BCUT2D eigenvalue weighted by Gasteiger charge is 2.36. The molecule has 2 N–H and O–H groups in total. The summed E-state index contributed by atoms with van der Waals surface area (Å²) in [5.41, 5.74) is -0.261. The summed E-state index contributed by atoms with van der Waals surface area (Å²) in [6.45, 7) is 2.95. The largest absolute Gasteiger partial charge is 0.383 e. The van der Waals surface area contributed by atoms with Crippen LogP contribution >= 0.6 is 12.4 Å². The van der Waals surface area contributed by atoms with Gasteiger partial charge in [-0.2, -0.15) is 0 Å². The number of aryl methyl sites for hydroxylation is 1. The average molecular weight is 380 g/mol. The van der Waals surface area contributed by atoms with Crippen molar-refractivity contribution in [1.29, 1.82) is 0 Å². The zero-order valence-electron chi connectivity index (χ0n) is 13.6. The van der Waals surface area contributed by atoms with E-state index >= 15 is 0 Å². The number of rotatable bonds is 7. The molecule has 1 aliphatic rings. The standard InChI is InChI=1S/C14H21N3O5S.ClH/c1-11-4-5-13(12(8-11)17(18)19)23(20,21)16-9-14(10-22-2)6-3-7-15-14;/h4-5,8,15-16H,3,6-7,9-10H2,1-2H3;1H. The van der Waals surface area contributed by atoms with Crippen LogP contribution in [0.4, 0.5) is 5.69 Å². The smallest absolute Gasteiger partial charge is 0.289 e. The van der Waals surface area contributed by atoms with Gasteiger partial charge in [0.15, 0.2) is 4.90 Å². The molecule has 1 atom stereocenters.